The van der Waals surface area contributed by atoms with Gasteiger partial charge in [-0.3, -0.25) is 9.78 Å². The Morgan fingerprint density at radius 3 is 2.95 bits per heavy atom. The summed E-state index contributed by atoms with van der Waals surface area (Å²) in [7, 11) is 0. The Labute approximate surface area is 116 Å². The lowest BCUT2D eigenvalue weighted by molar-refractivity contribution is 0.0954. The van der Waals surface area contributed by atoms with Gasteiger partial charge in [0.15, 0.2) is 0 Å². The van der Waals surface area contributed by atoms with Gasteiger partial charge in [-0.15, -0.1) is 0 Å². The second-order valence-electron chi connectivity index (χ2n) is 4.55. The number of pyridine rings is 1. The molecule has 0 spiro atoms. The number of nitrogens with one attached hydrogen (secondary N) is 1. The molecule has 5 heteroatoms. The van der Waals surface area contributed by atoms with Crippen LogP contribution in [0, 0.1) is 0 Å². The van der Waals surface area contributed by atoms with Crippen LogP contribution >= 0.6 is 0 Å². The van der Waals surface area contributed by atoms with Crippen LogP contribution in [0.3, 0.4) is 0 Å². The van der Waals surface area contributed by atoms with Crippen molar-refractivity contribution in [3.8, 4) is 5.75 Å². The molecule has 1 aliphatic rings. The lowest BCUT2D eigenvalue weighted by Gasteiger charge is -2.04. The molecule has 0 fully saturated rings. The highest BCUT2D eigenvalue weighted by Crippen LogP contribution is 2.29. The van der Waals surface area contributed by atoms with Crippen LogP contribution in [0.2, 0.25) is 0 Å². The Hall–Kier alpha value is -2.69. The van der Waals surface area contributed by atoms with Crippen molar-refractivity contribution in [1.82, 2.24) is 10.4 Å². The van der Waals surface area contributed by atoms with Crippen molar-refractivity contribution in [3.05, 3.63) is 59.4 Å². The molecule has 0 unspecified atom stereocenters. The molecule has 20 heavy (non-hydrogen) atoms. The highest BCUT2D eigenvalue weighted by Gasteiger charge is 2.21. The SMILES string of the molecule is O=C(N/N=C1\CCc2cccc(O)c21)c1cccnc1. The summed E-state index contributed by atoms with van der Waals surface area (Å²) in [6, 6.07) is 8.76. The number of hydrogen-bond acceptors (Lipinski definition) is 4. The fourth-order valence-corrected chi connectivity index (χ4v) is 2.30. The van der Waals surface area contributed by atoms with Gasteiger partial charge in [-0.25, -0.2) is 5.43 Å². The van der Waals surface area contributed by atoms with Gasteiger partial charge in [-0.05, 0) is 36.6 Å². The first-order chi connectivity index (χ1) is 9.75. The van der Waals surface area contributed by atoms with Crippen molar-refractivity contribution in [2.24, 2.45) is 5.10 Å². The van der Waals surface area contributed by atoms with Gasteiger partial charge < -0.3 is 5.11 Å². The van der Waals surface area contributed by atoms with Crippen LogP contribution in [-0.4, -0.2) is 21.7 Å². The number of hydrazone groups is 1. The number of hydrogen-bond donors (Lipinski definition) is 2. The molecule has 1 aliphatic carbocycles. The first-order valence-electron chi connectivity index (χ1n) is 6.34. The fourth-order valence-electron chi connectivity index (χ4n) is 2.30. The normalized spacial score (nSPS) is 15.1. The van der Waals surface area contributed by atoms with Crippen LogP contribution in [0.25, 0.3) is 0 Å². The zero-order valence-electron chi connectivity index (χ0n) is 10.7. The van der Waals surface area contributed by atoms with E-state index in [0.29, 0.717) is 17.7 Å². The molecule has 0 aliphatic heterocycles. The average molecular weight is 267 g/mol. The standard InChI is InChI=1S/C15H13N3O2/c19-13-5-1-3-10-6-7-12(14(10)13)17-18-15(20)11-4-2-8-16-9-11/h1-5,8-9,19H,6-7H2,(H,18,20)/b17-12+. The minimum absolute atomic E-state index is 0.203. The third-order valence-corrected chi connectivity index (χ3v) is 3.26. The number of fused-ring (bicyclic) bond motifs is 1. The number of nitrogens with zero attached hydrogens (tertiary/aromatic N) is 2. The van der Waals surface area contributed by atoms with Crippen molar-refractivity contribution in [2.75, 3.05) is 0 Å². The van der Waals surface area contributed by atoms with Crippen molar-refractivity contribution in [2.45, 2.75) is 12.8 Å². The third-order valence-electron chi connectivity index (χ3n) is 3.26. The molecule has 2 aromatic rings. The highest BCUT2D eigenvalue weighted by atomic mass is 16.3. The molecule has 1 amide bonds. The van der Waals surface area contributed by atoms with Crippen LogP contribution in [-0.2, 0) is 6.42 Å². The third kappa shape index (κ3) is 2.25. The topological polar surface area (TPSA) is 74.6 Å². The average Bonchev–Trinajstić information content (AvgIpc) is 2.90. The molecule has 0 atom stereocenters. The molecule has 1 heterocycles. The van der Waals surface area contributed by atoms with E-state index in [4.69, 9.17) is 0 Å². The first kappa shape index (κ1) is 12.3. The van der Waals surface area contributed by atoms with E-state index >= 15 is 0 Å². The zero-order valence-corrected chi connectivity index (χ0v) is 10.7. The number of carbonyl (C=O) groups is 1. The number of phenolic OH excluding ortho intramolecular Hbond substituents is 1. The summed E-state index contributed by atoms with van der Waals surface area (Å²) in [5, 5.41) is 14.0. The van der Waals surface area contributed by atoms with Gasteiger partial charge in [-0.1, -0.05) is 12.1 Å². The number of aromatic hydroxyl groups is 1. The van der Waals surface area contributed by atoms with Gasteiger partial charge in [0, 0.05) is 18.0 Å². The molecular formula is C15H13N3O2. The number of carbonyl (C=O) groups excluding carboxylic acids is 1. The van der Waals surface area contributed by atoms with Crippen molar-refractivity contribution in [3.63, 3.8) is 0 Å². The van der Waals surface area contributed by atoms with E-state index in [1.54, 1.807) is 24.4 Å². The molecule has 5 nitrogen and oxygen atoms in total. The van der Waals surface area contributed by atoms with Gasteiger partial charge >= 0.3 is 0 Å². The monoisotopic (exact) mass is 267 g/mol. The van der Waals surface area contributed by atoms with Crippen molar-refractivity contribution < 1.29 is 9.90 Å². The fraction of sp³-hybridized carbons (Fsp3) is 0.133. The zero-order chi connectivity index (χ0) is 13.9. The predicted molar refractivity (Wildman–Crippen MR) is 74.7 cm³/mol. The number of phenols is 1. The summed E-state index contributed by atoms with van der Waals surface area (Å²) in [5.74, 6) is -0.108. The van der Waals surface area contributed by atoms with Crippen LogP contribution in [0.1, 0.15) is 27.9 Å². The molecule has 1 aromatic carbocycles. The molecule has 3 rings (SSSR count). The van der Waals surface area contributed by atoms with Crippen LogP contribution in [0.5, 0.6) is 5.75 Å². The Bertz CT molecular complexity index is 681. The van der Waals surface area contributed by atoms with Crippen molar-refractivity contribution >= 4 is 11.6 Å². The maximum Gasteiger partial charge on any atom is 0.272 e. The summed E-state index contributed by atoms with van der Waals surface area (Å²) in [5.41, 5.74) is 5.45. The Morgan fingerprint density at radius 2 is 2.15 bits per heavy atom. The minimum atomic E-state index is -0.311. The second kappa shape index (κ2) is 5.13. The summed E-state index contributed by atoms with van der Waals surface area (Å²) in [6.07, 6.45) is 4.62. The Kier molecular flexibility index (Phi) is 3.16. The largest absolute Gasteiger partial charge is 0.507 e. The van der Waals surface area contributed by atoms with Gasteiger partial charge in [0.2, 0.25) is 0 Å². The summed E-state index contributed by atoms with van der Waals surface area (Å²) >= 11 is 0. The number of benzene rings is 1. The van der Waals surface area contributed by atoms with Gasteiger partial charge in [0.05, 0.1) is 11.3 Å². The quantitative estimate of drug-likeness (QED) is 0.816. The van der Waals surface area contributed by atoms with Crippen LogP contribution < -0.4 is 5.43 Å². The Morgan fingerprint density at radius 1 is 1.25 bits per heavy atom. The highest BCUT2D eigenvalue weighted by molar-refractivity contribution is 6.07. The van der Waals surface area contributed by atoms with Crippen LogP contribution in [0.4, 0.5) is 0 Å². The number of aryl methyl sites for hydroxylation is 1. The maximum absolute atomic E-state index is 11.9. The van der Waals surface area contributed by atoms with Crippen LogP contribution in [0.15, 0.2) is 47.8 Å². The summed E-state index contributed by atoms with van der Waals surface area (Å²) in [4.78, 5) is 15.8. The van der Waals surface area contributed by atoms with E-state index in [2.05, 4.69) is 15.5 Å². The van der Waals surface area contributed by atoms with E-state index in [9.17, 15) is 9.90 Å². The first-order valence-corrected chi connectivity index (χ1v) is 6.34. The molecule has 0 radical (unpaired) electrons. The Balaban J connectivity index is 1.81. The molecule has 100 valence electrons. The van der Waals surface area contributed by atoms with E-state index < -0.39 is 0 Å². The minimum Gasteiger partial charge on any atom is -0.507 e. The molecule has 2 N–H and O–H groups in total. The summed E-state index contributed by atoms with van der Waals surface area (Å²) in [6.45, 7) is 0. The second-order valence-corrected chi connectivity index (χ2v) is 4.55. The van der Waals surface area contributed by atoms with Gasteiger partial charge in [-0.2, -0.15) is 5.10 Å². The van der Waals surface area contributed by atoms with Gasteiger partial charge in [0.1, 0.15) is 5.75 Å². The van der Waals surface area contributed by atoms with E-state index in [1.165, 1.54) is 6.20 Å². The number of rotatable bonds is 2. The smallest absolute Gasteiger partial charge is 0.272 e. The van der Waals surface area contributed by atoms with E-state index in [1.807, 2.05) is 12.1 Å². The molecular weight excluding hydrogens is 254 g/mol. The molecule has 1 aromatic heterocycles. The maximum atomic E-state index is 11.9. The predicted octanol–water partition coefficient (Wildman–Crippen LogP) is 1.87. The molecule has 0 saturated heterocycles. The molecule has 0 bridgehead atoms. The lowest BCUT2D eigenvalue weighted by atomic mass is 10.1. The number of amides is 1. The van der Waals surface area contributed by atoms with Crippen molar-refractivity contribution in [1.29, 1.82) is 0 Å². The van der Waals surface area contributed by atoms with Gasteiger partial charge in [0.25, 0.3) is 5.91 Å². The molecule has 0 saturated carbocycles. The number of aromatic nitrogens is 1. The lowest BCUT2D eigenvalue weighted by Crippen LogP contribution is -2.19. The van der Waals surface area contributed by atoms with E-state index in [0.717, 1.165) is 17.5 Å². The summed E-state index contributed by atoms with van der Waals surface area (Å²) < 4.78 is 0. The van der Waals surface area contributed by atoms with E-state index in [-0.39, 0.29) is 11.7 Å².